The van der Waals surface area contributed by atoms with Gasteiger partial charge in [0.2, 0.25) is 11.8 Å². The van der Waals surface area contributed by atoms with Crippen molar-refractivity contribution in [3.63, 3.8) is 0 Å². The summed E-state index contributed by atoms with van der Waals surface area (Å²) in [4.78, 5) is 69.4. The normalized spacial score (nSPS) is 27.8. The highest BCUT2D eigenvalue weighted by Crippen LogP contribution is 2.64. The van der Waals surface area contributed by atoms with E-state index in [4.69, 9.17) is 16.7 Å². The second-order valence-electron chi connectivity index (χ2n) is 12.8. The maximum atomic E-state index is 15.0. The lowest BCUT2D eigenvalue weighted by atomic mass is 9.49. The van der Waals surface area contributed by atoms with Gasteiger partial charge in [-0.25, -0.2) is 4.39 Å². The Morgan fingerprint density at radius 2 is 1.65 bits per heavy atom. The van der Waals surface area contributed by atoms with Crippen LogP contribution in [0.2, 0.25) is 5.02 Å². The van der Waals surface area contributed by atoms with Crippen LogP contribution in [0.1, 0.15) is 42.7 Å². The Kier molecular flexibility index (Phi) is 7.82. The molecule has 0 radical (unpaired) electrons. The summed E-state index contributed by atoms with van der Waals surface area (Å²) in [5.41, 5.74) is 3.11. The lowest BCUT2D eigenvalue weighted by Gasteiger charge is -2.50. The predicted octanol–water partition coefficient (Wildman–Crippen LogP) is 5.03. The molecule has 0 bridgehead atoms. The summed E-state index contributed by atoms with van der Waals surface area (Å²) in [7, 11) is 0. The highest BCUT2D eigenvalue weighted by atomic mass is 35.5. The number of phenols is 1. The number of aliphatic carboxylic acids is 1. The number of imide groups is 2. The van der Waals surface area contributed by atoms with Crippen LogP contribution < -0.4 is 5.43 Å². The number of anilines is 1. The topological polar surface area (TPSA) is 144 Å². The van der Waals surface area contributed by atoms with Gasteiger partial charge >= 0.3 is 5.97 Å². The molecule has 246 valence electrons. The summed E-state index contributed by atoms with van der Waals surface area (Å²) in [6.07, 6.45) is 2.02. The number of carbonyl (C=O) groups excluding carboxylic acids is 4. The zero-order valence-corrected chi connectivity index (χ0v) is 26.3. The molecule has 4 aliphatic rings. The molecule has 2 aliphatic heterocycles. The summed E-state index contributed by atoms with van der Waals surface area (Å²) >= 11 is 6.29. The quantitative estimate of drug-likeness (QED) is 0.223. The van der Waals surface area contributed by atoms with Crippen LogP contribution in [0.3, 0.4) is 0 Å². The zero-order valence-electron chi connectivity index (χ0n) is 25.5. The third-order valence-corrected chi connectivity index (χ3v) is 10.6. The van der Waals surface area contributed by atoms with Gasteiger partial charge in [0, 0.05) is 29.5 Å². The number of hydrogen-bond donors (Lipinski definition) is 3. The number of carbonyl (C=O) groups is 5. The summed E-state index contributed by atoms with van der Waals surface area (Å²) < 4.78 is 13.8. The number of nitrogens with zero attached hydrogens (tertiary/aromatic N) is 2. The first-order valence-electron chi connectivity index (χ1n) is 15.8. The van der Waals surface area contributed by atoms with Crippen LogP contribution in [0.25, 0.3) is 0 Å². The Morgan fingerprint density at radius 3 is 2.33 bits per heavy atom. The monoisotopic (exact) mass is 671 g/mol. The largest absolute Gasteiger partial charge is 0.508 e. The number of fused-ring (bicyclic) bond motifs is 4. The number of hydrogen-bond acceptors (Lipinski definition) is 7. The number of aromatic hydroxyl groups is 1. The summed E-state index contributed by atoms with van der Waals surface area (Å²) in [5, 5.41) is 21.8. The van der Waals surface area contributed by atoms with Gasteiger partial charge in [-0.05, 0) is 73.2 Å². The fourth-order valence-electron chi connectivity index (χ4n) is 8.41. The molecule has 3 fully saturated rings. The number of amides is 4. The number of allylic oxidation sites excluding steroid dienone is 2. The second kappa shape index (κ2) is 11.9. The minimum absolute atomic E-state index is 0.0349. The number of rotatable bonds is 8. The first kappa shape index (κ1) is 31.6. The van der Waals surface area contributed by atoms with Gasteiger partial charge in [-0.15, -0.1) is 0 Å². The smallest absolute Gasteiger partial charge is 0.303 e. The zero-order chi connectivity index (χ0) is 33.9. The van der Waals surface area contributed by atoms with Crippen LogP contribution in [0.5, 0.6) is 5.75 Å². The van der Waals surface area contributed by atoms with E-state index in [-0.39, 0.29) is 43.9 Å². The van der Waals surface area contributed by atoms with Crippen molar-refractivity contribution in [1.29, 1.82) is 0 Å². The van der Waals surface area contributed by atoms with Crippen LogP contribution >= 0.6 is 11.6 Å². The van der Waals surface area contributed by atoms with Gasteiger partial charge in [-0.3, -0.25) is 34.3 Å². The Balaban J connectivity index is 1.40. The van der Waals surface area contributed by atoms with Crippen molar-refractivity contribution >= 4 is 46.9 Å². The lowest BCUT2D eigenvalue weighted by Crippen LogP contribution is -2.53. The summed E-state index contributed by atoms with van der Waals surface area (Å²) in [6, 6.07) is 18.4. The first-order valence-corrected chi connectivity index (χ1v) is 16.1. The van der Waals surface area contributed by atoms with Gasteiger partial charge in [0.1, 0.15) is 11.6 Å². The molecule has 6 atom stereocenters. The molecule has 3 aromatic carbocycles. The number of phenolic OH excluding ortho intramolecular Hbond substituents is 1. The molecule has 4 amide bonds. The highest BCUT2D eigenvalue weighted by Gasteiger charge is 2.70. The highest BCUT2D eigenvalue weighted by molar-refractivity contribution is 6.30. The second-order valence-corrected chi connectivity index (χ2v) is 13.2. The molecular weight excluding hydrogens is 641 g/mol. The van der Waals surface area contributed by atoms with E-state index in [2.05, 4.69) is 5.43 Å². The van der Waals surface area contributed by atoms with Crippen LogP contribution in [0.15, 0.2) is 84.4 Å². The molecule has 48 heavy (non-hydrogen) atoms. The summed E-state index contributed by atoms with van der Waals surface area (Å²) in [5.74, 6) is -7.76. The Hall–Kier alpha value is -5.03. The van der Waals surface area contributed by atoms with E-state index in [0.717, 1.165) is 9.91 Å². The average molecular weight is 672 g/mol. The Morgan fingerprint density at radius 1 is 0.938 bits per heavy atom. The molecule has 0 spiro atoms. The molecule has 2 saturated heterocycles. The Labute approximate surface area is 279 Å². The van der Waals surface area contributed by atoms with Gasteiger partial charge in [-0.2, -0.15) is 5.01 Å². The maximum absolute atomic E-state index is 15.0. The molecular formula is C36H31ClFN3O7. The van der Waals surface area contributed by atoms with E-state index in [0.29, 0.717) is 27.4 Å². The molecule has 12 heteroatoms. The van der Waals surface area contributed by atoms with E-state index in [9.17, 15) is 28.7 Å². The van der Waals surface area contributed by atoms with E-state index in [1.165, 1.54) is 30.3 Å². The molecule has 2 aliphatic carbocycles. The van der Waals surface area contributed by atoms with Crippen molar-refractivity contribution in [1.82, 2.24) is 9.91 Å². The minimum Gasteiger partial charge on any atom is -0.508 e. The SMILES string of the molecule is O=C(O)CCCN1C(=O)[C@H]2[C@H](CC=C3[C@H]2C[C@H]2C(=O)N(Nc4ccc(F)cc4)C(=O)[C@@]2(c2ccc(Cl)cc2)[C@H]3c2ccccc2O)C1=O. The van der Waals surface area contributed by atoms with Crippen molar-refractivity contribution in [3.05, 3.63) is 106 Å². The molecule has 3 aromatic rings. The van der Waals surface area contributed by atoms with Crippen molar-refractivity contribution < 1.29 is 38.6 Å². The average Bonchev–Trinajstić information content (AvgIpc) is 3.43. The third-order valence-electron chi connectivity index (χ3n) is 10.4. The van der Waals surface area contributed by atoms with Crippen molar-refractivity contribution in [2.24, 2.45) is 23.7 Å². The van der Waals surface area contributed by atoms with Crippen molar-refractivity contribution in [3.8, 4) is 5.75 Å². The lowest BCUT2D eigenvalue weighted by molar-refractivity contribution is -0.142. The van der Waals surface area contributed by atoms with Gasteiger partial charge in [0.15, 0.2) is 0 Å². The van der Waals surface area contributed by atoms with E-state index in [1.807, 2.05) is 6.08 Å². The van der Waals surface area contributed by atoms with Crippen LogP contribution in [0, 0.1) is 29.5 Å². The molecule has 0 unspecified atom stereocenters. The van der Waals surface area contributed by atoms with Crippen molar-refractivity contribution in [2.75, 3.05) is 12.0 Å². The predicted molar refractivity (Wildman–Crippen MR) is 171 cm³/mol. The standard InChI is InChI=1S/C36H31ClFN3O7/c37-20-9-7-19(8-10-20)36-27(33(46)41(35(36)48)39-22-13-11-21(38)12-14-22)18-26-23(31(36)24-4-1-2-5-28(24)42)15-16-25-30(26)34(47)40(32(25)45)17-3-6-29(43)44/h1-2,4-5,7-15,25-27,30-31,39,42H,3,6,16-18H2,(H,43,44)/t25-,26+,27-,30-,31+,36+/m0/s1. The molecule has 10 nitrogen and oxygen atoms in total. The molecule has 0 aromatic heterocycles. The maximum Gasteiger partial charge on any atom is 0.303 e. The molecule has 3 N–H and O–H groups in total. The van der Waals surface area contributed by atoms with Crippen molar-refractivity contribution in [2.45, 2.75) is 37.0 Å². The number of para-hydroxylation sites is 1. The number of benzene rings is 3. The van der Waals surface area contributed by atoms with E-state index < -0.39 is 64.5 Å². The van der Waals surface area contributed by atoms with Gasteiger partial charge in [-0.1, -0.05) is 53.6 Å². The Bertz CT molecular complexity index is 1880. The van der Waals surface area contributed by atoms with Crippen LogP contribution in [-0.2, 0) is 29.4 Å². The minimum atomic E-state index is -1.60. The number of carboxylic acid groups (broad SMARTS) is 1. The number of nitrogens with one attached hydrogen (secondary N) is 1. The van der Waals surface area contributed by atoms with Crippen LogP contribution in [-0.4, -0.2) is 56.3 Å². The number of likely N-dealkylation sites (tertiary alicyclic amines) is 1. The molecule has 2 heterocycles. The van der Waals surface area contributed by atoms with Gasteiger partial charge in [0.25, 0.3) is 11.8 Å². The van der Waals surface area contributed by atoms with Gasteiger partial charge < -0.3 is 10.2 Å². The molecule has 1 saturated carbocycles. The fourth-order valence-corrected chi connectivity index (χ4v) is 8.53. The molecule has 7 rings (SSSR count). The van der Waals surface area contributed by atoms with E-state index in [1.54, 1.807) is 42.5 Å². The third kappa shape index (κ3) is 4.78. The summed E-state index contributed by atoms with van der Waals surface area (Å²) in [6.45, 7) is -0.0349. The number of hydrazine groups is 1. The number of carboxylic acids is 1. The number of halogens is 2. The fraction of sp³-hybridized carbons (Fsp3) is 0.306. The van der Waals surface area contributed by atoms with Gasteiger partial charge in [0.05, 0.1) is 28.9 Å². The van der Waals surface area contributed by atoms with E-state index >= 15 is 4.79 Å². The van der Waals surface area contributed by atoms with Crippen LogP contribution in [0.4, 0.5) is 10.1 Å². The first-order chi connectivity index (χ1) is 23.0.